The Kier molecular flexibility index (Phi) is 6.06. The first-order chi connectivity index (χ1) is 11.2. The van der Waals surface area contributed by atoms with Crippen molar-refractivity contribution in [3.8, 4) is 6.07 Å². The van der Waals surface area contributed by atoms with Gasteiger partial charge in [-0.15, -0.1) is 0 Å². The summed E-state index contributed by atoms with van der Waals surface area (Å²) in [5.74, 6) is 0.00488. The fourth-order valence-corrected chi connectivity index (χ4v) is 2.17. The largest absolute Gasteiger partial charge is 0.351 e. The lowest BCUT2D eigenvalue weighted by atomic mass is 10.3. The first-order valence-electron chi connectivity index (χ1n) is 7.40. The molecule has 0 bridgehead atoms. The molecule has 1 saturated heterocycles. The number of likely N-dealkylation sites (tertiary alicyclic amines) is 1. The lowest BCUT2D eigenvalue weighted by Crippen LogP contribution is -2.31. The number of nitrogens with zero attached hydrogens (tertiary/aromatic N) is 4. The topological polar surface area (TPSA) is 111 Å². The van der Waals surface area contributed by atoms with Crippen LogP contribution >= 0.6 is 0 Å². The summed E-state index contributed by atoms with van der Waals surface area (Å²) in [7, 11) is 0. The van der Waals surface area contributed by atoms with Gasteiger partial charge in [0.2, 0.25) is 11.9 Å². The average Bonchev–Trinajstić information content (AvgIpc) is 2.98. The minimum atomic E-state index is -0.469. The van der Waals surface area contributed by atoms with Gasteiger partial charge >= 0.3 is 0 Å². The van der Waals surface area contributed by atoms with Gasteiger partial charge in [-0.05, 0) is 18.9 Å². The van der Waals surface area contributed by atoms with Crippen LogP contribution in [0.4, 0.5) is 5.95 Å². The molecule has 1 aromatic rings. The number of hydrogen-bond acceptors (Lipinski definition) is 6. The van der Waals surface area contributed by atoms with Crippen LogP contribution in [0.1, 0.15) is 19.3 Å². The molecule has 120 valence electrons. The van der Waals surface area contributed by atoms with E-state index in [0.29, 0.717) is 31.9 Å². The van der Waals surface area contributed by atoms with Crippen LogP contribution in [0.25, 0.3) is 0 Å². The Balaban J connectivity index is 1.74. The molecule has 1 fully saturated rings. The van der Waals surface area contributed by atoms with Gasteiger partial charge in [-0.25, -0.2) is 9.97 Å². The maximum Gasteiger partial charge on any atom is 0.263 e. The highest BCUT2D eigenvalue weighted by atomic mass is 16.2. The summed E-state index contributed by atoms with van der Waals surface area (Å²) in [5, 5.41) is 14.4. The monoisotopic (exact) mass is 314 g/mol. The van der Waals surface area contributed by atoms with E-state index >= 15 is 0 Å². The molecule has 0 atom stereocenters. The summed E-state index contributed by atoms with van der Waals surface area (Å²) < 4.78 is 0. The second kappa shape index (κ2) is 8.48. The van der Waals surface area contributed by atoms with Gasteiger partial charge in [0, 0.05) is 44.6 Å². The SMILES string of the molecule is N#C/C(=C/Nc1ncccn1)C(=O)NCCCN1CCCC1=O. The van der Waals surface area contributed by atoms with Crippen LogP contribution in [0.15, 0.2) is 30.2 Å². The molecule has 2 heterocycles. The maximum atomic E-state index is 11.9. The molecule has 0 saturated carbocycles. The molecule has 0 spiro atoms. The van der Waals surface area contributed by atoms with Crippen molar-refractivity contribution in [1.29, 1.82) is 5.26 Å². The van der Waals surface area contributed by atoms with E-state index in [1.165, 1.54) is 6.20 Å². The number of carbonyl (C=O) groups is 2. The fourth-order valence-electron chi connectivity index (χ4n) is 2.17. The molecule has 2 N–H and O–H groups in total. The summed E-state index contributed by atoms with van der Waals surface area (Å²) in [6.45, 7) is 1.82. The molecular weight excluding hydrogens is 296 g/mol. The van der Waals surface area contributed by atoms with Crippen LogP contribution in [-0.2, 0) is 9.59 Å². The summed E-state index contributed by atoms with van der Waals surface area (Å²) in [6.07, 6.45) is 6.55. The number of carbonyl (C=O) groups excluding carboxylic acids is 2. The lowest BCUT2D eigenvalue weighted by Gasteiger charge is -2.15. The molecule has 0 aromatic carbocycles. The standard InChI is InChI=1S/C15H18N6O2/c16-10-12(11-20-15-18-5-2-6-19-15)14(23)17-7-3-9-21-8-1-4-13(21)22/h2,5-6,11H,1,3-4,7-9H2,(H,17,23)(H,18,19,20)/b12-11-. The Morgan fingerprint density at radius 1 is 1.43 bits per heavy atom. The molecule has 8 nitrogen and oxygen atoms in total. The molecule has 1 aliphatic rings. The van der Waals surface area contributed by atoms with E-state index in [1.54, 1.807) is 23.4 Å². The summed E-state index contributed by atoms with van der Waals surface area (Å²) in [6, 6.07) is 3.49. The highest BCUT2D eigenvalue weighted by molar-refractivity contribution is 5.97. The minimum absolute atomic E-state index is 0.0605. The highest BCUT2D eigenvalue weighted by Crippen LogP contribution is 2.09. The number of anilines is 1. The van der Waals surface area contributed by atoms with E-state index in [-0.39, 0.29) is 11.5 Å². The molecule has 1 aromatic heterocycles. The van der Waals surface area contributed by atoms with Crippen molar-refractivity contribution >= 4 is 17.8 Å². The van der Waals surface area contributed by atoms with Gasteiger partial charge in [0.1, 0.15) is 11.6 Å². The molecule has 8 heteroatoms. The third-order valence-corrected chi connectivity index (χ3v) is 3.34. The van der Waals surface area contributed by atoms with E-state index < -0.39 is 5.91 Å². The predicted molar refractivity (Wildman–Crippen MR) is 82.8 cm³/mol. The van der Waals surface area contributed by atoms with Crippen molar-refractivity contribution in [2.75, 3.05) is 25.0 Å². The Labute approximate surface area is 134 Å². The first kappa shape index (κ1) is 16.4. The molecule has 0 radical (unpaired) electrons. The third-order valence-electron chi connectivity index (χ3n) is 3.34. The smallest absolute Gasteiger partial charge is 0.263 e. The number of amides is 2. The van der Waals surface area contributed by atoms with Crippen LogP contribution in [0, 0.1) is 11.3 Å². The molecule has 2 rings (SSSR count). The van der Waals surface area contributed by atoms with E-state index in [2.05, 4.69) is 20.6 Å². The summed E-state index contributed by atoms with van der Waals surface area (Å²) in [4.78, 5) is 33.0. The van der Waals surface area contributed by atoms with E-state index in [0.717, 1.165) is 13.0 Å². The van der Waals surface area contributed by atoms with Gasteiger partial charge in [0.15, 0.2) is 0 Å². The van der Waals surface area contributed by atoms with Gasteiger partial charge in [-0.1, -0.05) is 0 Å². The van der Waals surface area contributed by atoms with Gasteiger partial charge < -0.3 is 15.5 Å². The van der Waals surface area contributed by atoms with Gasteiger partial charge in [0.25, 0.3) is 5.91 Å². The normalized spacial score (nSPS) is 14.5. The zero-order valence-corrected chi connectivity index (χ0v) is 12.7. The van der Waals surface area contributed by atoms with Crippen LogP contribution in [0.2, 0.25) is 0 Å². The molecule has 1 aliphatic heterocycles. The van der Waals surface area contributed by atoms with Gasteiger partial charge in [-0.2, -0.15) is 5.26 Å². The lowest BCUT2D eigenvalue weighted by molar-refractivity contribution is -0.127. The Morgan fingerprint density at radius 2 is 2.22 bits per heavy atom. The van der Waals surface area contributed by atoms with Crippen molar-refractivity contribution in [1.82, 2.24) is 20.2 Å². The number of aromatic nitrogens is 2. The average molecular weight is 314 g/mol. The number of nitrogens with one attached hydrogen (secondary N) is 2. The van der Waals surface area contributed by atoms with Crippen molar-refractivity contribution in [3.63, 3.8) is 0 Å². The second-order valence-corrected chi connectivity index (χ2v) is 4.98. The molecular formula is C15H18N6O2. The number of nitriles is 1. The van der Waals surface area contributed by atoms with Crippen LogP contribution in [-0.4, -0.2) is 46.3 Å². The number of rotatable bonds is 7. The quantitative estimate of drug-likeness (QED) is 0.429. The summed E-state index contributed by atoms with van der Waals surface area (Å²) >= 11 is 0. The van der Waals surface area contributed by atoms with Gasteiger partial charge in [-0.3, -0.25) is 9.59 Å². The molecule has 0 unspecified atom stereocenters. The van der Waals surface area contributed by atoms with Crippen molar-refractivity contribution in [2.45, 2.75) is 19.3 Å². The van der Waals surface area contributed by atoms with Crippen molar-refractivity contribution in [3.05, 3.63) is 30.2 Å². The van der Waals surface area contributed by atoms with Gasteiger partial charge in [0.05, 0.1) is 0 Å². The van der Waals surface area contributed by atoms with E-state index in [9.17, 15) is 9.59 Å². The Bertz CT molecular complexity index is 623. The number of hydrogen-bond donors (Lipinski definition) is 2. The molecule has 0 aliphatic carbocycles. The van der Waals surface area contributed by atoms with Crippen molar-refractivity contribution < 1.29 is 9.59 Å². The minimum Gasteiger partial charge on any atom is -0.351 e. The first-order valence-corrected chi connectivity index (χ1v) is 7.40. The molecule has 23 heavy (non-hydrogen) atoms. The fraction of sp³-hybridized carbons (Fsp3) is 0.400. The van der Waals surface area contributed by atoms with Crippen LogP contribution in [0.5, 0.6) is 0 Å². The van der Waals surface area contributed by atoms with Crippen LogP contribution in [0.3, 0.4) is 0 Å². The summed E-state index contributed by atoms with van der Waals surface area (Å²) in [5.41, 5.74) is -0.0605. The zero-order chi connectivity index (χ0) is 16.5. The van der Waals surface area contributed by atoms with E-state index in [1.807, 2.05) is 6.07 Å². The third kappa shape index (κ3) is 5.07. The maximum absolute atomic E-state index is 11.9. The van der Waals surface area contributed by atoms with E-state index in [4.69, 9.17) is 5.26 Å². The molecule has 2 amide bonds. The highest BCUT2D eigenvalue weighted by Gasteiger charge is 2.19. The Hall–Kier alpha value is -2.95. The Morgan fingerprint density at radius 3 is 2.87 bits per heavy atom. The van der Waals surface area contributed by atoms with Crippen molar-refractivity contribution in [2.24, 2.45) is 0 Å². The predicted octanol–water partition coefficient (Wildman–Crippen LogP) is 0.425. The van der Waals surface area contributed by atoms with Crippen LogP contribution < -0.4 is 10.6 Å². The zero-order valence-electron chi connectivity index (χ0n) is 12.7. The second-order valence-electron chi connectivity index (χ2n) is 4.98.